The highest BCUT2D eigenvalue weighted by atomic mass is 32.2. The Morgan fingerprint density at radius 3 is 2.66 bits per heavy atom. The van der Waals surface area contributed by atoms with Gasteiger partial charge in [0.1, 0.15) is 5.75 Å². The van der Waals surface area contributed by atoms with Crippen LogP contribution >= 0.6 is 11.3 Å². The van der Waals surface area contributed by atoms with Gasteiger partial charge in [-0.3, -0.25) is 9.52 Å². The second-order valence-electron chi connectivity index (χ2n) is 6.54. The Balaban J connectivity index is 1.53. The number of amides is 1. The second-order valence-corrected chi connectivity index (χ2v) is 9.17. The van der Waals surface area contributed by atoms with E-state index < -0.39 is 10.0 Å². The molecule has 1 aliphatic heterocycles. The number of nitrogens with one attached hydrogen (secondary N) is 1. The highest BCUT2D eigenvalue weighted by Crippen LogP contribution is 2.33. The summed E-state index contributed by atoms with van der Waals surface area (Å²) in [4.78, 5) is 15.3. The number of anilines is 2. The molecule has 2 heterocycles. The summed E-state index contributed by atoms with van der Waals surface area (Å²) in [7, 11) is -3.71. The van der Waals surface area contributed by atoms with E-state index >= 15 is 0 Å². The fourth-order valence-electron chi connectivity index (χ4n) is 3.31. The molecule has 8 heteroatoms. The zero-order valence-electron chi connectivity index (χ0n) is 15.8. The second kappa shape index (κ2) is 7.88. The number of hydrogen-bond acceptors (Lipinski definition) is 5. The summed E-state index contributed by atoms with van der Waals surface area (Å²) in [6, 6.07) is 15.2. The molecule has 0 radical (unpaired) electrons. The van der Waals surface area contributed by atoms with E-state index in [9.17, 15) is 13.2 Å². The number of benzene rings is 2. The Morgan fingerprint density at radius 1 is 1.17 bits per heavy atom. The maximum Gasteiger partial charge on any atom is 0.268 e. The fourth-order valence-corrected chi connectivity index (χ4v) is 5.03. The van der Waals surface area contributed by atoms with E-state index in [2.05, 4.69) is 4.72 Å². The van der Waals surface area contributed by atoms with E-state index in [-0.39, 0.29) is 10.8 Å². The average Bonchev–Trinajstić information content (AvgIpc) is 3.38. The molecule has 0 fully saturated rings. The SMILES string of the molecule is CCOc1ccc(S(=O)(=O)Nc2ccc3c(c2)CCN3C(=O)c2cccs2)cc1. The summed E-state index contributed by atoms with van der Waals surface area (Å²) in [5.41, 5.74) is 2.25. The highest BCUT2D eigenvalue weighted by Gasteiger charge is 2.26. The van der Waals surface area contributed by atoms with Crippen LogP contribution in [0.3, 0.4) is 0 Å². The van der Waals surface area contributed by atoms with Gasteiger partial charge in [0.2, 0.25) is 0 Å². The molecule has 1 amide bonds. The van der Waals surface area contributed by atoms with Gasteiger partial charge in [-0.05, 0) is 72.8 Å². The van der Waals surface area contributed by atoms with Crippen LogP contribution in [-0.4, -0.2) is 27.5 Å². The molecule has 1 N–H and O–H groups in total. The molecule has 0 aliphatic carbocycles. The molecule has 0 atom stereocenters. The molecule has 29 heavy (non-hydrogen) atoms. The first kappa shape index (κ1) is 19.5. The van der Waals surface area contributed by atoms with Gasteiger partial charge in [-0.15, -0.1) is 11.3 Å². The van der Waals surface area contributed by atoms with Crippen LogP contribution in [-0.2, 0) is 16.4 Å². The maximum atomic E-state index is 12.7. The molecule has 4 rings (SSSR count). The van der Waals surface area contributed by atoms with Crippen LogP contribution in [0, 0.1) is 0 Å². The number of sulfonamides is 1. The minimum atomic E-state index is -3.71. The molecule has 0 saturated carbocycles. The lowest BCUT2D eigenvalue weighted by Gasteiger charge is -2.17. The molecule has 1 aromatic heterocycles. The van der Waals surface area contributed by atoms with Gasteiger partial charge >= 0.3 is 0 Å². The topological polar surface area (TPSA) is 75.7 Å². The monoisotopic (exact) mass is 428 g/mol. The number of carbonyl (C=O) groups is 1. The number of ether oxygens (including phenoxy) is 1. The molecule has 1 aliphatic rings. The van der Waals surface area contributed by atoms with Crippen LogP contribution in [0.4, 0.5) is 11.4 Å². The zero-order chi connectivity index (χ0) is 20.4. The third-order valence-electron chi connectivity index (χ3n) is 4.65. The lowest BCUT2D eigenvalue weighted by atomic mass is 10.1. The van der Waals surface area contributed by atoms with Crippen LogP contribution in [0.15, 0.2) is 64.9 Å². The predicted octanol–water partition coefficient (Wildman–Crippen LogP) is 4.15. The Labute approximate surface area is 173 Å². The van der Waals surface area contributed by atoms with Crippen molar-refractivity contribution in [3.63, 3.8) is 0 Å². The summed E-state index contributed by atoms with van der Waals surface area (Å²) in [5.74, 6) is 0.598. The van der Waals surface area contributed by atoms with Crippen molar-refractivity contribution < 1.29 is 17.9 Å². The number of fused-ring (bicyclic) bond motifs is 1. The van der Waals surface area contributed by atoms with Crippen molar-refractivity contribution in [1.82, 2.24) is 0 Å². The van der Waals surface area contributed by atoms with E-state index in [0.29, 0.717) is 35.9 Å². The van der Waals surface area contributed by atoms with Crippen molar-refractivity contribution in [2.24, 2.45) is 0 Å². The molecular weight excluding hydrogens is 408 g/mol. The standard InChI is InChI=1S/C21H20N2O4S2/c1-2-27-17-6-8-18(9-7-17)29(25,26)22-16-5-10-19-15(14-16)11-12-23(19)21(24)20-4-3-13-28-20/h3-10,13-14,22H,2,11-12H2,1H3. The summed E-state index contributed by atoms with van der Waals surface area (Å²) in [6.07, 6.45) is 0.686. The van der Waals surface area contributed by atoms with E-state index in [0.717, 1.165) is 11.3 Å². The van der Waals surface area contributed by atoms with Crippen molar-refractivity contribution in [3.05, 3.63) is 70.4 Å². The Kier molecular flexibility index (Phi) is 5.29. The summed E-state index contributed by atoms with van der Waals surface area (Å²) >= 11 is 1.41. The number of nitrogens with zero attached hydrogens (tertiary/aromatic N) is 1. The lowest BCUT2D eigenvalue weighted by Crippen LogP contribution is -2.28. The Hall–Kier alpha value is -2.84. The van der Waals surface area contributed by atoms with E-state index in [1.54, 1.807) is 35.2 Å². The quantitative estimate of drug-likeness (QED) is 0.640. The molecule has 0 saturated heterocycles. The van der Waals surface area contributed by atoms with Crippen molar-refractivity contribution in [1.29, 1.82) is 0 Å². The number of thiophene rings is 1. The van der Waals surface area contributed by atoms with Crippen LogP contribution in [0.1, 0.15) is 22.2 Å². The van der Waals surface area contributed by atoms with Crippen molar-refractivity contribution in [3.8, 4) is 5.75 Å². The molecule has 6 nitrogen and oxygen atoms in total. The van der Waals surface area contributed by atoms with Crippen molar-refractivity contribution >= 4 is 38.6 Å². The summed E-state index contributed by atoms with van der Waals surface area (Å²) in [6.45, 7) is 2.97. The summed E-state index contributed by atoms with van der Waals surface area (Å²) < 4.78 is 33.3. The van der Waals surface area contributed by atoms with Crippen LogP contribution in [0.25, 0.3) is 0 Å². The molecule has 3 aromatic rings. The van der Waals surface area contributed by atoms with Gasteiger partial charge in [-0.1, -0.05) is 6.07 Å². The molecule has 0 spiro atoms. The Morgan fingerprint density at radius 2 is 1.97 bits per heavy atom. The van der Waals surface area contributed by atoms with Gasteiger partial charge in [0.15, 0.2) is 0 Å². The average molecular weight is 429 g/mol. The third-order valence-corrected chi connectivity index (χ3v) is 6.90. The first-order valence-electron chi connectivity index (χ1n) is 9.22. The molecular formula is C21H20N2O4S2. The van der Waals surface area contributed by atoms with Gasteiger partial charge in [0, 0.05) is 17.9 Å². The van der Waals surface area contributed by atoms with Crippen LogP contribution < -0.4 is 14.4 Å². The lowest BCUT2D eigenvalue weighted by molar-refractivity contribution is 0.0993. The smallest absolute Gasteiger partial charge is 0.268 e. The van der Waals surface area contributed by atoms with Gasteiger partial charge in [0.05, 0.1) is 16.4 Å². The molecule has 2 aromatic carbocycles. The summed E-state index contributed by atoms with van der Waals surface area (Å²) in [5, 5.41) is 1.88. The van der Waals surface area contributed by atoms with Crippen molar-refractivity contribution in [2.75, 3.05) is 22.8 Å². The molecule has 0 unspecified atom stereocenters. The van der Waals surface area contributed by atoms with Gasteiger partial charge in [-0.25, -0.2) is 8.42 Å². The first-order valence-corrected chi connectivity index (χ1v) is 11.6. The van der Waals surface area contributed by atoms with Crippen molar-refractivity contribution in [2.45, 2.75) is 18.2 Å². The minimum absolute atomic E-state index is 0.0264. The number of carbonyl (C=O) groups excluding carboxylic acids is 1. The minimum Gasteiger partial charge on any atom is -0.494 e. The Bertz CT molecular complexity index is 1120. The molecule has 150 valence electrons. The zero-order valence-corrected chi connectivity index (χ0v) is 17.4. The van der Waals surface area contributed by atoms with Crippen LogP contribution in [0.5, 0.6) is 5.75 Å². The first-order chi connectivity index (χ1) is 14.0. The van der Waals surface area contributed by atoms with Gasteiger partial charge < -0.3 is 9.64 Å². The number of hydrogen-bond donors (Lipinski definition) is 1. The maximum absolute atomic E-state index is 12.7. The van der Waals surface area contributed by atoms with Crippen LogP contribution in [0.2, 0.25) is 0 Å². The number of rotatable bonds is 6. The molecule has 0 bridgehead atoms. The van der Waals surface area contributed by atoms with Gasteiger partial charge in [0.25, 0.3) is 15.9 Å². The predicted molar refractivity (Wildman–Crippen MR) is 115 cm³/mol. The third kappa shape index (κ3) is 3.99. The van der Waals surface area contributed by atoms with E-state index in [1.807, 2.05) is 24.4 Å². The van der Waals surface area contributed by atoms with Gasteiger partial charge in [-0.2, -0.15) is 0 Å². The fraction of sp³-hybridized carbons (Fsp3) is 0.190. The highest BCUT2D eigenvalue weighted by molar-refractivity contribution is 7.92. The van der Waals surface area contributed by atoms with E-state index in [1.165, 1.54) is 23.5 Å². The van der Waals surface area contributed by atoms with E-state index in [4.69, 9.17) is 4.74 Å². The normalized spacial score (nSPS) is 13.2. The largest absolute Gasteiger partial charge is 0.494 e.